The number of carbonyl (C=O) groups is 2. The molecule has 1 rings (SSSR count). The molecule has 1 aromatic carbocycles. The van der Waals surface area contributed by atoms with Gasteiger partial charge in [-0.25, -0.2) is 0 Å². The van der Waals surface area contributed by atoms with Gasteiger partial charge in [0.1, 0.15) is 6.10 Å². The predicted molar refractivity (Wildman–Crippen MR) is 78.8 cm³/mol. The van der Waals surface area contributed by atoms with Crippen LogP contribution in [0.4, 0.5) is 5.69 Å². The number of nitrogens with zero attached hydrogens (tertiary/aromatic N) is 1. The number of benzene rings is 1. The number of ether oxygens (including phenoxy) is 1. The molecule has 0 saturated carbocycles. The van der Waals surface area contributed by atoms with Crippen LogP contribution in [-0.2, 0) is 9.53 Å². The lowest BCUT2D eigenvalue weighted by atomic mass is 10.1. The monoisotopic (exact) mass is 278 g/mol. The Kier molecular flexibility index (Phi) is 6.18. The van der Waals surface area contributed by atoms with Crippen molar-refractivity contribution in [3.05, 3.63) is 29.8 Å². The number of nitrogens with one attached hydrogen (secondary N) is 1. The van der Waals surface area contributed by atoms with E-state index >= 15 is 0 Å². The molecule has 1 N–H and O–H groups in total. The van der Waals surface area contributed by atoms with Crippen LogP contribution in [0.1, 0.15) is 31.1 Å². The van der Waals surface area contributed by atoms with E-state index in [9.17, 15) is 9.59 Å². The summed E-state index contributed by atoms with van der Waals surface area (Å²) < 4.78 is 4.93. The fraction of sp³-hybridized carbons (Fsp3) is 0.467. The van der Waals surface area contributed by atoms with Crippen molar-refractivity contribution in [1.82, 2.24) is 4.90 Å². The summed E-state index contributed by atoms with van der Waals surface area (Å²) >= 11 is 0. The first-order valence-electron chi connectivity index (χ1n) is 6.76. The molecule has 110 valence electrons. The van der Waals surface area contributed by atoms with Crippen molar-refractivity contribution >= 4 is 17.5 Å². The van der Waals surface area contributed by atoms with Gasteiger partial charge >= 0.3 is 0 Å². The molecule has 2 amide bonds. The standard InChI is InChI=1S/C15H22N2O3/c1-5-17(6-2)15(19)12-7-9-13(10-8-12)16-14(18)11(3)20-4/h7-11H,5-6H2,1-4H3,(H,16,18). The fourth-order valence-electron chi connectivity index (χ4n) is 1.74. The average Bonchev–Trinajstić information content (AvgIpc) is 2.48. The van der Waals surface area contributed by atoms with E-state index in [-0.39, 0.29) is 11.8 Å². The zero-order chi connectivity index (χ0) is 15.1. The van der Waals surface area contributed by atoms with E-state index < -0.39 is 6.10 Å². The zero-order valence-electron chi connectivity index (χ0n) is 12.5. The van der Waals surface area contributed by atoms with Crippen LogP contribution in [0.25, 0.3) is 0 Å². The molecule has 5 nitrogen and oxygen atoms in total. The molecular formula is C15H22N2O3. The second-order valence-electron chi connectivity index (χ2n) is 4.42. The van der Waals surface area contributed by atoms with Crippen molar-refractivity contribution in [3.8, 4) is 0 Å². The van der Waals surface area contributed by atoms with Gasteiger partial charge in [0, 0.05) is 31.5 Å². The van der Waals surface area contributed by atoms with Gasteiger partial charge in [-0.2, -0.15) is 0 Å². The van der Waals surface area contributed by atoms with Crippen molar-refractivity contribution < 1.29 is 14.3 Å². The minimum Gasteiger partial charge on any atom is -0.372 e. The number of hydrogen-bond acceptors (Lipinski definition) is 3. The Labute approximate surface area is 119 Å². The zero-order valence-corrected chi connectivity index (χ0v) is 12.5. The SMILES string of the molecule is CCN(CC)C(=O)c1ccc(NC(=O)C(C)OC)cc1. The molecular weight excluding hydrogens is 256 g/mol. The van der Waals surface area contributed by atoms with Gasteiger partial charge < -0.3 is 15.0 Å². The molecule has 0 spiro atoms. The van der Waals surface area contributed by atoms with Crippen molar-refractivity contribution in [2.24, 2.45) is 0 Å². The second kappa shape index (κ2) is 7.65. The first-order chi connectivity index (χ1) is 9.53. The van der Waals surface area contributed by atoms with E-state index in [1.165, 1.54) is 7.11 Å². The Morgan fingerprint density at radius 2 is 1.75 bits per heavy atom. The topological polar surface area (TPSA) is 58.6 Å². The first kappa shape index (κ1) is 16.2. The third kappa shape index (κ3) is 4.06. The van der Waals surface area contributed by atoms with Crippen LogP contribution >= 0.6 is 0 Å². The molecule has 1 aromatic rings. The number of carbonyl (C=O) groups excluding carboxylic acids is 2. The van der Waals surface area contributed by atoms with Crippen LogP contribution in [0.15, 0.2) is 24.3 Å². The van der Waals surface area contributed by atoms with E-state index in [0.29, 0.717) is 24.3 Å². The van der Waals surface area contributed by atoms with Gasteiger partial charge in [-0.3, -0.25) is 9.59 Å². The Balaban J connectivity index is 2.74. The number of methoxy groups -OCH3 is 1. The lowest BCUT2D eigenvalue weighted by molar-refractivity contribution is -0.124. The maximum Gasteiger partial charge on any atom is 0.253 e. The summed E-state index contributed by atoms with van der Waals surface area (Å²) in [7, 11) is 1.48. The molecule has 0 heterocycles. The molecule has 0 aromatic heterocycles. The second-order valence-corrected chi connectivity index (χ2v) is 4.42. The van der Waals surface area contributed by atoms with Crippen molar-refractivity contribution in [2.75, 3.05) is 25.5 Å². The highest BCUT2D eigenvalue weighted by atomic mass is 16.5. The smallest absolute Gasteiger partial charge is 0.253 e. The fourth-order valence-corrected chi connectivity index (χ4v) is 1.74. The van der Waals surface area contributed by atoms with Crippen LogP contribution in [-0.4, -0.2) is 43.0 Å². The highest BCUT2D eigenvalue weighted by Crippen LogP contribution is 2.12. The molecule has 0 aliphatic heterocycles. The Morgan fingerprint density at radius 3 is 2.20 bits per heavy atom. The minimum absolute atomic E-state index is 0.00173. The van der Waals surface area contributed by atoms with E-state index in [1.807, 2.05) is 13.8 Å². The summed E-state index contributed by atoms with van der Waals surface area (Å²) in [6, 6.07) is 6.87. The van der Waals surface area contributed by atoms with Gasteiger partial charge in [0.2, 0.25) is 0 Å². The van der Waals surface area contributed by atoms with Gasteiger partial charge in [-0.15, -0.1) is 0 Å². The number of rotatable bonds is 6. The van der Waals surface area contributed by atoms with Crippen LogP contribution in [0, 0.1) is 0 Å². The van der Waals surface area contributed by atoms with E-state index in [4.69, 9.17) is 4.74 Å². The lowest BCUT2D eigenvalue weighted by Gasteiger charge is -2.18. The highest BCUT2D eigenvalue weighted by Gasteiger charge is 2.14. The molecule has 0 aliphatic carbocycles. The van der Waals surface area contributed by atoms with Gasteiger partial charge in [-0.05, 0) is 45.0 Å². The quantitative estimate of drug-likeness (QED) is 0.867. The Bertz CT molecular complexity index is 453. The summed E-state index contributed by atoms with van der Waals surface area (Å²) in [5, 5.41) is 2.73. The third-order valence-corrected chi connectivity index (χ3v) is 3.17. The van der Waals surface area contributed by atoms with Crippen LogP contribution in [0.2, 0.25) is 0 Å². The molecule has 0 aliphatic rings. The molecule has 5 heteroatoms. The average molecular weight is 278 g/mol. The number of amides is 2. The summed E-state index contributed by atoms with van der Waals surface area (Å²) in [5.74, 6) is -0.214. The molecule has 1 atom stereocenters. The van der Waals surface area contributed by atoms with Crippen molar-refractivity contribution in [2.45, 2.75) is 26.9 Å². The largest absolute Gasteiger partial charge is 0.372 e. The summed E-state index contributed by atoms with van der Waals surface area (Å²) in [6.07, 6.45) is -0.507. The van der Waals surface area contributed by atoms with E-state index in [1.54, 1.807) is 36.1 Å². The normalized spacial score (nSPS) is 11.8. The first-order valence-corrected chi connectivity index (χ1v) is 6.76. The predicted octanol–water partition coefficient (Wildman–Crippen LogP) is 2.14. The third-order valence-electron chi connectivity index (χ3n) is 3.17. The Hall–Kier alpha value is -1.88. The number of anilines is 1. The summed E-state index contributed by atoms with van der Waals surface area (Å²) in [6.45, 7) is 6.93. The molecule has 0 saturated heterocycles. The maximum absolute atomic E-state index is 12.1. The van der Waals surface area contributed by atoms with Crippen molar-refractivity contribution in [3.63, 3.8) is 0 Å². The van der Waals surface area contributed by atoms with Crippen molar-refractivity contribution in [1.29, 1.82) is 0 Å². The van der Waals surface area contributed by atoms with Crippen LogP contribution in [0.5, 0.6) is 0 Å². The molecule has 0 fully saturated rings. The van der Waals surface area contributed by atoms with Gasteiger partial charge in [0.15, 0.2) is 0 Å². The summed E-state index contributed by atoms with van der Waals surface area (Å²) in [5.41, 5.74) is 1.27. The summed E-state index contributed by atoms with van der Waals surface area (Å²) in [4.78, 5) is 25.5. The maximum atomic E-state index is 12.1. The van der Waals surface area contributed by atoms with Crippen LogP contribution in [0.3, 0.4) is 0 Å². The van der Waals surface area contributed by atoms with Gasteiger partial charge in [0.25, 0.3) is 11.8 Å². The number of hydrogen-bond donors (Lipinski definition) is 1. The lowest BCUT2D eigenvalue weighted by Crippen LogP contribution is -2.30. The molecule has 0 bridgehead atoms. The van der Waals surface area contributed by atoms with Crippen LogP contribution < -0.4 is 5.32 Å². The van der Waals surface area contributed by atoms with E-state index in [0.717, 1.165) is 0 Å². The minimum atomic E-state index is -0.507. The molecule has 20 heavy (non-hydrogen) atoms. The highest BCUT2D eigenvalue weighted by molar-refractivity contribution is 5.96. The molecule has 1 unspecified atom stereocenters. The van der Waals surface area contributed by atoms with E-state index in [2.05, 4.69) is 5.32 Å². The Morgan fingerprint density at radius 1 is 1.20 bits per heavy atom. The van der Waals surface area contributed by atoms with Gasteiger partial charge in [0.05, 0.1) is 0 Å². The van der Waals surface area contributed by atoms with Gasteiger partial charge in [-0.1, -0.05) is 0 Å². The molecule has 0 radical (unpaired) electrons.